The molecule has 1 aromatic heterocycles. The molecule has 4 fully saturated rings. The number of rotatable bonds is 8. The summed E-state index contributed by atoms with van der Waals surface area (Å²) in [6.45, 7) is 2.92. The van der Waals surface area contributed by atoms with Gasteiger partial charge in [-0.1, -0.05) is 30.3 Å². The summed E-state index contributed by atoms with van der Waals surface area (Å²) in [7, 11) is -1.89. The fourth-order valence-electron chi connectivity index (χ4n) is 6.57. The van der Waals surface area contributed by atoms with E-state index in [1.165, 1.54) is 4.68 Å². The zero-order valence-corrected chi connectivity index (χ0v) is 22.8. The number of ether oxygens (including phenoxy) is 2. The summed E-state index contributed by atoms with van der Waals surface area (Å²) in [5, 5.41) is 7.45. The maximum absolute atomic E-state index is 13.8. The van der Waals surface area contributed by atoms with Gasteiger partial charge in [-0.3, -0.25) is 4.68 Å². The standard InChI is InChI=1S/C28H38N4O5S/c1-31-26(15-25(30-31)21-7-8-21)38(34,35)27-24-14-23(13-22(24)16-29-27)32(17-19-9-11-36-12-10-19)28(33)37-18-20-5-3-2-4-6-20/h2-6,15,19,21-24,27,29H,7-14,16-18H2,1H3/t22-,23+,24+,27+/m1/s1. The van der Waals surface area contributed by atoms with Crippen molar-refractivity contribution in [3.63, 3.8) is 0 Å². The second-order valence-corrected chi connectivity index (χ2v) is 13.5. The number of carbonyl (C=O) groups excluding carboxylic acids is 1. The molecule has 10 heteroatoms. The molecule has 0 unspecified atom stereocenters. The molecule has 4 atom stereocenters. The van der Waals surface area contributed by atoms with Gasteiger partial charge in [-0.2, -0.15) is 5.10 Å². The number of sulfone groups is 1. The van der Waals surface area contributed by atoms with Crippen molar-refractivity contribution in [2.24, 2.45) is 24.8 Å². The number of fused-ring (bicyclic) bond motifs is 1. The van der Waals surface area contributed by atoms with Gasteiger partial charge in [-0.25, -0.2) is 13.2 Å². The largest absolute Gasteiger partial charge is 0.445 e. The maximum atomic E-state index is 13.8. The van der Waals surface area contributed by atoms with Crippen LogP contribution in [0.1, 0.15) is 55.7 Å². The predicted octanol–water partition coefficient (Wildman–Crippen LogP) is 3.46. The monoisotopic (exact) mass is 542 g/mol. The van der Waals surface area contributed by atoms with Crippen LogP contribution in [-0.2, 0) is 33.0 Å². The lowest BCUT2D eigenvalue weighted by molar-refractivity contribution is 0.0352. The molecule has 2 saturated heterocycles. The number of aromatic nitrogens is 2. The molecule has 0 radical (unpaired) electrons. The van der Waals surface area contributed by atoms with Crippen LogP contribution < -0.4 is 5.32 Å². The van der Waals surface area contributed by atoms with Gasteiger partial charge in [0.2, 0.25) is 9.84 Å². The smallest absolute Gasteiger partial charge is 0.410 e. The van der Waals surface area contributed by atoms with Gasteiger partial charge in [0.05, 0.1) is 5.69 Å². The van der Waals surface area contributed by atoms with Crippen molar-refractivity contribution in [3.05, 3.63) is 47.7 Å². The SMILES string of the molecule is Cn1nc(C2CC2)cc1S(=O)(=O)[C@@H]1NC[C@H]2C[C@H](N(CC3CCOCC3)C(=O)OCc3ccccc3)C[C@@H]21. The third-order valence-corrected chi connectivity index (χ3v) is 11.0. The molecule has 206 valence electrons. The molecule has 38 heavy (non-hydrogen) atoms. The van der Waals surface area contributed by atoms with Crippen molar-refractivity contribution < 1.29 is 22.7 Å². The lowest BCUT2D eigenvalue weighted by Crippen LogP contribution is -2.45. The highest BCUT2D eigenvalue weighted by molar-refractivity contribution is 7.92. The van der Waals surface area contributed by atoms with Gasteiger partial charge in [0.1, 0.15) is 12.0 Å². The number of carbonyl (C=O) groups is 1. The van der Waals surface area contributed by atoms with Gasteiger partial charge in [0.15, 0.2) is 5.03 Å². The summed E-state index contributed by atoms with van der Waals surface area (Å²) >= 11 is 0. The number of aryl methyl sites for hydroxylation is 1. The molecule has 1 N–H and O–H groups in total. The lowest BCUT2D eigenvalue weighted by atomic mass is 9.98. The van der Waals surface area contributed by atoms with Crippen molar-refractivity contribution >= 4 is 15.9 Å². The molecule has 1 aromatic carbocycles. The van der Waals surface area contributed by atoms with E-state index in [9.17, 15) is 13.2 Å². The van der Waals surface area contributed by atoms with Crippen molar-refractivity contribution in [2.45, 2.75) is 67.5 Å². The highest BCUT2D eigenvalue weighted by Gasteiger charge is 2.51. The molecule has 0 bridgehead atoms. The number of amides is 1. The normalized spacial score (nSPS) is 27.8. The van der Waals surface area contributed by atoms with E-state index in [-0.39, 0.29) is 30.6 Å². The molecular formula is C28H38N4O5S. The Labute approximate surface area is 224 Å². The van der Waals surface area contributed by atoms with E-state index >= 15 is 0 Å². The van der Waals surface area contributed by atoms with E-state index in [4.69, 9.17) is 9.47 Å². The van der Waals surface area contributed by atoms with E-state index in [0.717, 1.165) is 43.4 Å². The Morgan fingerprint density at radius 2 is 1.92 bits per heavy atom. The minimum atomic E-state index is -3.61. The van der Waals surface area contributed by atoms with Crippen LogP contribution in [0.5, 0.6) is 0 Å². The van der Waals surface area contributed by atoms with E-state index < -0.39 is 15.2 Å². The first kappa shape index (κ1) is 25.8. The van der Waals surface area contributed by atoms with Crippen molar-refractivity contribution in [2.75, 3.05) is 26.3 Å². The minimum Gasteiger partial charge on any atom is -0.445 e. The molecule has 2 saturated carbocycles. The molecule has 4 aliphatic rings. The number of hydrogen-bond donors (Lipinski definition) is 1. The molecule has 2 aliphatic heterocycles. The average molecular weight is 543 g/mol. The summed E-state index contributed by atoms with van der Waals surface area (Å²) in [5.74, 6) is 0.908. The van der Waals surface area contributed by atoms with Crippen LogP contribution in [0, 0.1) is 17.8 Å². The quantitative estimate of drug-likeness (QED) is 0.545. The Balaban J connectivity index is 1.18. The Kier molecular flexibility index (Phi) is 7.22. The first-order valence-corrected chi connectivity index (χ1v) is 15.5. The molecule has 1 amide bonds. The van der Waals surface area contributed by atoms with E-state index in [0.29, 0.717) is 49.6 Å². The van der Waals surface area contributed by atoms with Crippen molar-refractivity contribution in [3.8, 4) is 0 Å². The predicted molar refractivity (Wildman–Crippen MR) is 141 cm³/mol. The molecule has 2 aromatic rings. The molecule has 9 nitrogen and oxygen atoms in total. The molecular weight excluding hydrogens is 504 g/mol. The first-order chi connectivity index (χ1) is 18.4. The fourth-order valence-corrected chi connectivity index (χ4v) is 8.64. The van der Waals surface area contributed by atoms with Crippen LogP contribution in [0.3, 0.4) is 0 Å². The van der Waals surface area contributed by atoms with Gasteiger partial charge in [-0.15, -0.1) is 0 Å². The number of nitrogens with one attached hydrogen (secondary N) is 1. The Hall–Kier alpha value is -2.43. The zero-order valence-electron chi connectivity index (χ0n) is 22.0. The topological polar surface area (TPSA) is 103 Å². The lowest BCUT2D eigenvalue weighted by Gasteiger charge is -2.34. The van der Waals surface area contributed by atoms with Gasteiger partial charge < -0.3 is 19.7 Å². The summed E-state index contributed by atoms with van der Waals surface area (Å²) in [4.78, 5) is 15.3. The molecule has 6 rings (SSSR count). The summed E-state index contributed by atoms with van der Waals surface area (Å²) < 4.78 is 40.5. The number of benzene rings is 1. The zero-order chi connectivity index (χ0) is 26.3. The molecule has 3 heterocycles. The Bertz CT molecular complexity index is 1240. The third-order valence-electron chi connectivity index (χ3n) is 8.85. The summed E-state index contributed by atoms with van der Waals surface area (Å²) in [6.07, 6.45) is 5.12. The summed E-state index contributed by atoms with van der Waals surface area (Å²) in [5.41, 5.74) is 1.83. The number of nitrogens with zero attached hydrogens (tertiary/aromatic N) is 3. The van der Waals surface area contributed by atoms with Gasteiger partial charge >= 0.3 is 6.09 Å². The van der Waals surface area contributed by atoms with Gasteiger partial charge in [0, 0.05) is 38.8 Å². The van der Waals surface area contributed by atoms with Crippen LogP contribution >= 0.6 is 0 Å². The average Bonchev–Trinajstić information content (AvgIpc) is 3.38. The number of hydrogen-bond acceptors (Lipinski definition) is 7. The molecule has 2 aliphatic carbocycles. The first-order valence-electron chi connectivity index (χ1n) is 14.0. The molecule has 0 spiro atoms. The second kappa shape index (κ2) is 10.6. The third kappa shape index (κ3) is 5.22. The summed E-state index contributed by atoms with van der Waals surface area (Å²) in [6, 6.07) is 11.4. The maximum Gasteiger partial charge on any atom is 0.410 e. The van der Waals surface area contributed by atoms with Crippen LogP contribution in [0.25, 0.3) is 0 Å². The highest BCUT2D eigenvalue weighted by atomic mass is 32.2. The van der Waals surface area contributed by atoms with Gasteiger partial charge in [0.25, 0.3) is 0 Å². The van der Waals surface area contributed by atoms with Gasteiger partial charge in [-0.05, 0) is 74.5 Å². The van der Waals surface area contributed by atoms with E-state index in [2.05, 4.69) is 10.4 Å². The minimum absolute atomic E-state index is 0.0375. The fraction of sp³-hybridized carbons (Fsp3) is 0.643. The Morgan fingerprint density at radius 1 is 1.16 bits per heavy atom. The van der Waals surface area contributed by atoms with E-state index in [1.54, 1.807) is 13.1 Å². The van der Waals surface area contributed by atoms with Crippen LogP contribution in [-0.4, -0.2) is 66.9 Å². The van der Waals surface area contributed by atoms with Crippen LogP contribution in [0.15, 0.2) is 41.4 Å². The second-order valence-electron chi connectivity index (χ2n) is 11.5. The van der Waals surface area contributed by atoms with Crippen LogP contribution in [0.2, 0.25) is 0 Å². The Morgan fingerprint density at radius 3 is 2.66 bits per heavy atom. The van der Waals surface area contributed by atoms with Crippen molar-refractivity contribution in [1.29, 1.82) is 0 Å². The van der Waals surface area contributed by atoms with Crippen LogP contribution in [0.4, 0.5) is 4.79 Å². The highest BCUT2D eigenvalue weighted by Crippen LogP contribution is 2.45. The van der Waals surface area contributed by atoms with E-state index in [1.807, 2.05) is 35.2 Å². The van der Waals surface area contributed by atoms with Crippen molar-refractivity contribution in [1.82, 2.24) is 20.0 Å².